The van der Waals surface area contributed by atoms with E-state index in [9.17, 15) is 4.79 Å². The third-order valence-electron chi connectivity index (χ3n) is 3.42. The first-order valence-electron chi connectivity index (χ1n) is 8.15. The predicted molar refractivity (Wildman–Crippen MR) is 97.2 cm³/mol. The van der Waals surface area contributed by atoms with Crippen molar-refractivity contribution in [3.05, 3.63) is 47.8 Å². The number of aromatic nitrogens is 2. The first-order chi connectivity index (χ1) is 11.6. The lowest BCUT2D eigenvalue weighted by Crippen LogP contribution is -2.25. The molecule has 0 unspecified atom stereocenters. The molecular formula is C18H25N3O2S. The molecule has 1 aromatic carbocycles. The number of ether oxygens (including phenoxy) is 1. The van der Waals surface area contributed by atoms with Gasteiger partial charge in [-0.25, -0.2) is 4.98 Å². The van der Waals surface area contributed by atoms with Gasteiger partial charge in [0.15, 0.2) is 5.16 Å². The minimum Gasteiger partial charge on any atom is -0.379 e. The predicted octanol–water partition coefficient (Wildman–Crippen LogP) is 3.26. The summed E-state index contributed by atoms with van der Waals surface area (Å²) in [4.78, 5) is 16.4. The monoisotopic (exact) mass is 347 g/mol. The number of thioether (sulfide) groups is 1. The number of carbonyl (C=O) groups is 1. The van der Waals surface area contributed by atoms with E-state index in [1.54, 1.807) is 18.0 Å². The van der Waals surface area contributed by atoms with Crippen LogP contribution in [0, 0.1) is 0 Å². The number of benzene rings is 1. The lowest BCUT2D eigenvalue weighted by atomic mass is 10.1. The Morgan fingerprint density at radius 2 is 2.08 bits per heavy atom. The zero-order valence-electron chi connectivity index (χ0n) is 14.5. The molecule has 130 valence electrons. The summed E-state index contributed by atoms with van der Waals surface area (Å²) in [5.74, 6) is 0.794. The molecule has 0 radical (unpaired) electrons. The van der Waals surface area contributed by atoms with Gasteiger partial charge in [0.25, 0.3) is 5.91 Å². The SMILES string of the molecule is CC(C)OCCCNC(=O)c1ccc(CSc2nccn2C)cc1. The fraction of sp³-hybridized carbons (Fsp3) is 0.444. The average molecular weight is 347 g/mol. The van der Waals surface area contributed by atoms with Crippen LogP contribution >= 0.6 is 11.8 Å². The lowest BCUT2D eigenvalue weighted by Gasteiger charge is -2.08. The molecular weight excluding hydrogens is 322 g/mol. The minimum absolute atomic E-state index is 0.0390. The molecule has 24 heavy (non-hydrogen) atoms. The van der Waals surface area contributed by atoms with Crippen LogP contribution in [0.15, 0.2) is 41.8 Å². The molecule has 0 saturated carbocycles. The highest BCUT2D eigenvalue weighted by atomic mass is 32.2. The highest BCUT2D eigenvalue weighted by Crippen LogP contribution is 2.20. The molecule has 0 bridgehead atoms. The van der Waals surface area contributed by atoms with Gasteiger partial charge in [0.1, 0.15) is 0 Å². The standard InChI is InChI=1S/C18H25N3O2S/c1-14(2)23-12-4-9-19-17(22)16-7-5-15(6-8-16)13-24-18-20-10-11-21(18)3/h5-8,10-11,14H,4,9,12-13H2,1-3H3,(H,19,22). The van der Waals surface area contributed by atoms with Crippen molar-refractivity contribution in [2.24, 2.45) is 7.05 Å². The molecule has 0 fully saturated rings. The lowest BCUT2D eigenvalue weighted by molar-refractivity contribution is 0.0757. The van der Waals surface area contributed by atoms with Gasteiger partial charge in [-0.3, -0.25) is 4.79 Å². The Balaban J connectivity index is 1.74. The Labute approximate surface area is 147 Å². The summed E-state index contributed by atoms with van der Waals surface area (Å²) < 4.78 is 7.45. The molecule has 0 aliphatic rings. The minimum atomic E-state index is -0.0390. The van der Waals surface area contributed by atoms with E-state index in [1.165, 1.54) is 5.56 Å². The van der Waals surface area contributed by atoms with Crippen molar-refractivity contribution in [1.29, 1.82) is 0 Å². The quantitative estimate of drug-likeness (QED) is 0.559. The molecule has 6 heteroatoms. The number of nitrogens with zero attached hydrogens (tertiary/aromatic N) is 2. The van der Waals surface area contributed by atoms with Crippen LogP contribution in [0.4, 0.5) is 0 Å². The van der Waals surface area contributed by atoms with E-state index in [2.05, 4.69) is 10.3 Å². The van der Waals surface area contributed by atoms with E-state index in [-0.39, 0.29) is 12.0 Å². The van der Waals surface area contributed by atoms with Crippen molar-refractivity contribution in [2.45, 2.75) is 37.3 Å². The van der Waals surface area contributed by atoms with E-state index in [1.807, 2.05) is 55.9 Å². The van der Waals surface area contributed by atoms with Gasteiger partial charge in [0.05, 0.1) is 6.10 Å². The molecule has 2 rings (SSSR count). The largest absolute Gasteiger partial charge is 0.379 e. The summed E-state index contributed by atoms with van der Waals surface area (Å²) >= 11 is 1.68. The van der Waals surface area contributed by atoms with Crippen molar-refractivity contribution < 1.29 is 9.53 Å². The van der Waals surface area contributed by atoms with Crippen molar-refractivity contribution in [1.82, 2.24) is 14.9 Å². The second kappa shape index (κ2) is 9.49. The topological polar surface area (TPSA) is 56.1 Å². The molecule has 0 aliphatic heterocycles. The number of hydrogen-bond acceptors (Lipinski definition) is 4. The fourth-order valence-corrected chi connectivity index (χ4v) is 2.97. The van der Waals surface area contributed by atoms with Crippen LogP contribution in [0.1, 0.15) is 36.2 Å². The third-order valence-corrected chi connectivity index (χ3v) is 4.55. The third kappa shape index (κ3) is 6.02. The number of rotatable bonds is 9. The first kappa shape index (κ1) is 18.5. The number of amides is 1. The molecule has 1 heterocycles. The van der Waals surface area contributed by atoms with E-state index >= 15 is 0 Å². The highest BCUT2D eigenvalue weighted by Gasteiger charge is 2.06. The Bertz CT molecular complexity index is 638. The number of carbonyl (C=O) groups excluding carboxylic acids is 1. The Morgan fingerprint density at radius 1 is 1.33 bits per heavy atom. The molecule has 5 nitrogen and oxygen atoms in total. The van der Waals surface area contributed by atoms with Gasteiger partial charge in [-0.2, -0.15) is 0 Å². The maximum atomic E-state index is 12.1. The van der Waals surface area contributed by atoms with Gasteiger partial charge in [-0.15, -0.1) is 0 Å². The van der Waals surface area contributed by atoms with E-state index < -0.39 is 0 Å². The highest BCUT2D eigenvalue weighted by molar-refractivity contribution is 7.98. The molecule has 0 saturated heterocycles. The van der Waals surface area contributed by atoms with Crippen LogP contribution in [0.2, 0.25) is 0 Å². The second-order valence-corrected chi connectivity index (χ2v) is 6.78. The Hall–Kier alpha value is -1.79. The maximum Gasteiger partial charge on any atom is 0.251 e. The van der Waals surface area contributed by atoms with Crippen molar-refractivity contribution in [3.63, 3.8) is 0 Å². The molecule has 1 N–H and O–H groups in total. The first-order valence-corrected chi connectivity index (χ1v) is 9.13. The van der Waals surface area contributed by atoms with Gasteiger partial charge < -0.3 is 14.6 Å². The van der Waals surface area contributed by atoms with Gasteiger partial charge in [-0.05, 0) is 38.0 Å². The molecule has 2 aromatic rings. The van der Waals surface area contributed by atoms with Gasteiger partial charge >= 0.3 is 0 Å². The summed E-state index contributed by atoms with van der Waals surface area (Å²) in [6.45, 7) is 5.31. The van der Waals surface area contributed by atoms with Crippen molar-refractivity contribution in [2.75, 3.05) is 13.2 Å². The Morgan fingerprint density at radius 3 is 2.71 bits per heavy atom. The van der Waals surface area contributed by atoms with Crippen LogP contribution in [0.25, 0.3) is 0 Å². The molecule has 0 aliphatic carbocycles. The van der Waals surface area contributed by atoms with Crippen LogP contribution in [-0.2, 0) is 17.5 Å². The van der Waals surface area contributed by atoms with E-state index in [4.69, 9.17) is 4.74 Å². The Kier molecular flexibility index (Phi) is 7.34. The zero-order valence-corrected chi connectivity index (χ0v) is 15.3. The molecule has 1 aromatic heterocycles. The summed E-state index contributed by atoms with van der Waals surface area (Å²) in [5.41, 5.74) is 1.86. The van der Waals surface area contributed by atoms with Crippen LogP contribution in [0.5, 0.6) is 0 Å². The zero-order chi connectivity index (χ0) is 17.4. The summed E-state index contributed by atoms with van der Waals surface area (Å²) in [5, 5.41) is 3.90. The number of hydrogen-bond donors (Lipinski definition) is 1. The summed E-state index contributed by atoms with van der Waals surface area (Å²) in [6, 6.07) is 7.72. The normalized spacial score (nSPS) is 11.0. The number of imidazole rings is 1. The average Bonchev–Trinajstić information content (AvgIpc) is 2.97. The van der Waals surface area contributed by atoms with Crippen molar-refractivity contribution in [3.8, 4) is 0 Å². The van der Waals surface area contributed by atoms with Crippen LogP contribution < -0.4 is 5.32 Å². The summed E-state index contributed by atoms with van der Waals surface area (Å²) in [6.07, 6.45) is 4.78. The summed E-state index contributed by atoms with van der Waals surface area (Å²) in [7, 11) is 1.98. The fourth-order valence-electron chi connectivity index (χ4n) is 2.09. The second-order valence-electron chi connectivity index (χ2n) is 5.84. The van der Waals surface area contributed by atoms with Gasteiger partial charge in [0.2, 0.25) is 0 Å². The van der Waals surface area contributed by atoms with Crippen LogP contribution in [0.3, 0.4) is 0 Å². The van der Waals surface area contributed by atoms with E-state index in [0.29, 0.717) is 18.7 Å². The number of aryl methyl sites for hydroxylation is 1. The molecule has 0 spiro atoms. The van der Waals surface area contributed by atoms with E-state index in [0.717, 1.165) is 17.3 Å². The molecule has 1 amide bonds. The number of nitrogens with one attached hydrogen (secondary N) is 1. The van der Waals surface area contributed by atoms with Crippen LogP contribution in [-0.4, -0.2) is 34.7 Å². The van der Waals surface area contributed by atoms with Gasteiger partial charge in [0, 0.05) is 43.9 Å². The molecule has 0 atom stereocenters. The van der Waals surface area contributed by atoms with Crippen molar-refractivity contribution >= 4 is 17.7 Å². The van der Waals surface area contributed by atoms with Gasteiger partial charge in [-0.1, -0.05) is 23.9 Å². The maximum absolute atomic E-state index is 12.1. The smallest absolute Gasteiger partial charge is 0.251 e.